The number of amidine groups is 1. The van der Waals surface area contributed by atoms with Gasteiger partial charge in [-0.3, -0.25) is 14.7 Å². The predicted molar refractivity (Wildman–Crippen MR) is 150 cm³/mol. The Bertz CT molecular complexity index is 1140. The number of nitrogens with zero attached hydrogens (tertiary/aromatic N) is 4. The van der Waals surface area contributed by atoms with E-state index in [2.05, 4.69) is 4.99 Å². The van der Waals surface area contributed by atoms with Crippen LogP contribution in [0.5, 0.6) is 0 Å². The molecule has 2 aromatic carbocycles. The third-order valence-corrected chi connectivity index (χ3v) is 6.16. The first-order valence-electron chi connectivity index (χ1n) is 13.3. The van der Waals surface area contributed by atoms with Crippen LogP contribution in [-0.4, -0.2) is 78.0 Å². The Labute approximate surface area is 231 Å². The quantitative estimate of drug-likeness (QED) is 0.395. The molecule has 0 spiro atoms. The van der Waals surface area contributed by atoms with Crippen molar-refractivity contribution in [2.45, 2.75) is 58.8 Å². The van der Waals surface area contributed by atoms with E-state index in [0.29, 0.717) is 51.3 Å². The SMILES string of the molecule is CN(Cc1ccc(C2=NCCN2C(=O)OC(C)(C)C)cc1)C(=O)CCCCN(C)C(=O)OCc1ccccc1. The molecular weight excluding hydrogens is 496 g/mol. The van der Waals surface area contributed by atoms with Gasteiger partial charge in [0.15, 0.2) is 0 Å². The second kappa shape index (κ2) is 13.8. The van der Waals surface area contributed by atoms with Gasteiger partial charge in [0.05, 0.1) is 13.1 Å². The van der Waals surface area contributed by atoms with Crippen molar-refractivity contribution in [3.05, 3.63) is 71.3 Å². The van der Waals surface area contributed by atoms with E-state index in [1.54, 1.807) is 23.9 Å². The van der Waals surface area contributed by atoms with E-state index in [0.717, 1.165) is 16.7 Å². The summed E-state index contributed by atoms with van der Waals surface area (Å²) in [4.78, 5) is 46.6. The number of aliphatic imine (C=N–C) groups is 1. The number of carbonyl (C=O) groups is 3. The summed E-state index contributed by atoms with van der Waals surface area (Å²) in [7, 11) is 3.49. The number of carbonyl (C=O) groups excluding carboxylic acids is 3. The van der Waals surface area contributed by atoms with Gasteiger partial charge in [-0.05, 0) is 44.7 Å². The topological polar surface area (TPSA) is 91.8 Å². The van der Waals surface area contributed by atoms with E-state index in [1.807, 2.05) is 75.4 Å². The lowest BCUT2D eigenvalue weighted by atomic mass is 10.1. The van der Waals surface area contributed by atoms with Crippen LogP contribution in [0.3, 0.4) is 0 Å². The third kappa shape index (κ3) is 9.42. The number of hydrogen-bond acceptors (Lipinski definition) is 6. The zero-order chi connectivity index (χ0) is 28.4. The summed E-state index contributed by atoms with van der Waals surface area (Å²) in [5.74, 6) is 0.652. The maximum absolute atomic E-state index is 12.6. The zero-order valence-electron chi connectivity index (χ0n) is 23.7. The Morgan fingerprint density at radius 1 is 0.923 bits per heavy atom. The van der Waals surface area contributed by atoms with Crippen molar-refractivity contribution in [2.75, 3.05) is 33.7 Å². The average molecular weight is 537 g/mol. The normalized spacial score (nSPS) is 13.1. The van der Waals surface area contributed by atoms with E-state index >= 15 is 0 Å². The Hall–Kier alpha value is -3.88. The van der Waals surface area contributed by atoms with Crippen molar-refractivity contribution >= 4 is 23.9 Å². The number of hydrogen-bond donors (Lipinski definition) is 0. The third-order valence-electron chi connectivity index (χ3n) is 6.16. The summed E-state index contributed by atoms with van der Waals surface area (Å²) in [6.07, 6.45) is 1.02. The van der Waals surface area contributed by atoms with Crippen LogP contribution in [0.4, 0.5) is 9.59 Å². The largest absolute Gasteiger partial charge is 0.445 e. The molecule has 0 N–H and O–H groups in total. The summed E-state index contributed by atoms with van der Waals surface area (Å²) < 4.78 is 10.8. The molecule has 0 saturated heterocycles. The predicted octanol–water partition coefficient (Wildman–Crippen LogP) is 5.08. The van der Waals surface area contributed by atoms with Crippen molar-refractivity contribution in [2.24, 2.45) is 4.99 Å². The zero-order valence-corrected chi connectivity index (χ0v) is 23.7. The first-order valence-corrected chi connectivity index (χ1v) is 13.3. The lowest BCUT2D eigenvalue weighted by molar-refractivity contribution is -0.130. The van der Waals surface area contributed by atoms with Crippen LogP contribution in [0.15, 0.2) is 59.6 Å². The highest BCUT2D eigenvalue weighted by molar-refractivity contribution is 6.07. The van der Waals surface area contributed by atoms with Gasteiger partial charge in [0.25, 0.3) is 0 Å². The summed E-state index contributed by atoms with van der Waals surface area (Å²) in [5.41, 5.74) is 2.19. The smallest absolute Gasteiger partial charge is 0.416 e. The van der Waals surface area contributed by atoms with Crippen LogP contribution >= 0.6 is 0 Å². The molecule has 0 bridgehead atoms. The van der Waals surface area contributed by atoms with Crippen molar-refractivity contribution < 1.29 is 23.9 Å². The summed E-state index contributed by atoms with van der Waals surface area (Å²) in [6.45, 7) is 7.80. The van der Waals surface area contributed by atoms with Crippen LogP contribution in [-0.2, 0) is 27.4 Å². The molecule has 0 saturated carbocycles. The molecular formula is C30H40N4O5. The van der Waals surface area contributed by atoms with Crippen LogP contribution in [0.25, 0.3) is 0 Å². The molecule has 210 valence electrons. The first-order chi connectivity index (χ1) is 18.5. The number of unbranched alkanes of at least 4 members (excludes halogenated alkanes) is 1. The fraction of sp³-hybridized carbons (Fsp3) is 0.467. The molecule has 0 aliphatic carbocycles. The van der Waals surface area contributed by atoms with Gasteiger partial charge in [-0.2, -0.15) is 0 Å². The molecule has 0 fully saturated rings. The molecule has 9 heteroatoms. The maximum atomic E-state index is 12.6. The molecule has 0 unspecified atom stereocenters. The molecule has 9 nitrogen and oxygen atoms in total. The van der Waals surface area contributed by atoms with Crippen LogP contribution < -0.4 is 0 Å². The Morgan fingerprint density at radius 3 is 2.28 bits per heavy atom. The molecule has 0 radical (unpaired) electrons. The standard InChI is InChI=1S/C30H40N4O5/c1-30(2,3)39-29(37)34-20-18-31-27(34)25-16-14-23(15-17-25)21-33(5)26(35)13-9-10-19-32(4)28(36)38-22-24-11-7-6-8-12-24/h6-8,11-12,14-17H,9-10,13,18-22H2,1-5H3. The number of rotatable bonds is 10. The summed E-state index contributed by atoms with van der Waals surface area (Å²) in [6, 6.07) is 17.3. The fourth-order valence-corrected chi connectivity index (χ4v) is 4.05. The fourth-order valence-electron chi connectivity index (χ4n) is 4.05. The molecule has 0 atom stereocenters. The maximum Gasteiger partial charge on any atom is 0.416 e. The Morgan fingerprint density at radius 2 is 1.62 bits per heavy atom. The van der Waals surface area contributed by atoms with Crippen molar-refractivity contribution in [1.29, 1.82) is 0 Å². The minimum Gasteiger partial charge on any atom is -0.445 e. The van der Waals surface area contributed by atoms with Gasteiger partial charge in [-0.15, -0.1) is 0 Å². The highest BCUT2D eigenvalue weighted by Crippen LogP contribution is 2.18. The van der Waals surface area contributed by atoms with E-state index in [-0.39, 0.29) is 18.6 Å². The van der Waals surface area contributed by atoms with Crippen molar-refractivity contribution in [3.63, 3.8) is 0 Å². The highest BCUT2D eigenvalue weighted by atomic mass is 16.6. The van der Waals surface area contributed by atoms with Gasteiger partial charge < -0.3 is 19.3 Å². The van der Waals surface area contributed by atoms with Crippen LogP contribution in [0.2, 0.25) is 0 Å². The van der Waals surface area contributed by atoms with E-state index < -0.39 is 11.7 Å². The summed E-state index contributed by atoms with van der Waals surface area (Å²) >= 11 is 0. The molecule has 1 heterocycles. The molecule has 2 aromatic rings. The van der Waals surface area contributed by atoms with Gasteiger partial charge in [0.1, 0.15) is 18.0 Å². The van der Waals surface area contributed by atoms with Crippen molar-refractivity contribution in [1.82, 2.24) is 14.7 Å². The van der Waals surface area contributed by atoms with E-state index in [9.17, 15) is 14.4 Å². The average Bonchev–Trinajstić information content (AvgIpc) is 3.40. The van der Waals surface area contributed by atoms with E-state index in [4.69, 9.17) is 9.47 Å². The van der Waals surface area contributed by atoms with Gasteiger partial charge >= 0.3 is 12.2 Å². The number of ether oxygens (including phenoxy) is 2. The number of benzene rings is 2. The molecule has 3 rings (SSSR count). The molecule has 1 aliphatic heterocycles. The lowest BCUT2D eigenvalue weighted by Crippen LogP contribution is -2.39. The highest BCUT2D eigenvalue weighted by Gasteiger charge is 2.29. The Kier molecular flexibility index (Phi) is 10.5. The monoisotopic (exact) mass is 536 g/mol. The second-order valence-electron chi connectivity index (χ2n) is 10.7. The lowest BCUT2D eigenvalue weighted by Gasteiger charge is -2.25. The van der Waals surface area contributed by atoms with Gasteiger partial charge in [-0.1, -0.05) is 54.6 Å². The van der Waals surface area contributed by atoms with Gasteiger partial charge in [-0.25, -0.2) is 9.59 Å². The number of amides is 3. The molecule has 1 aliphatic rings. The molecule has 0 aromatic heterocycles. The minimum atomic E-state index is -0.573. The van der Waals surface area contributed by atoms with Crippen LogP contribution in [0.1, 0.15) is 56.7 Å². The van der Waals surface area contributed by atoms with Gasteiger partial charge in [0, 0.05) is 39.2 Å². The second-order valence-corrected chi connectivity index (χ2v) is 10.7. The Balaban J connectivity index is 1.39. The van der Waals surface area contributed by atoms with Crippen molar-refractivity contribution in [3.8, 4) is 0 Å². The van der Waals surface area contributed by atoms with E-state index in [1.165, 1.54) is 4.90 Å². The minimum absolute atomic E-state index is 0.0460. The molecule has 39 heavy (non-hydrogen) atoms. The summed E-state index contributed by atoms with van der Waals surface area (Å²) in [5, 5.41) is 0. The molecule has 3 amide bonds. The first kappa shape index (κ1) is 29.7. The van der Waals surface area contributed by atoms with Gasteiger partial charge in [0.2, 0.25) is 5.91 Å². The van der Waals surface area contributed by atoms with Crippen LogP contribution in [0, 0.1) is 0 Å².